The van der Waals surface area contributed by atoms with Crippen LogP contribution in [0, 0.1) is 0 Å². The topological polar surface area (TPSA) is 102 Å². The molecule has 6 nitrogen and oxygen atoms in total. The standard InChI is InChI=1S/C48H56N2O4/c1-54-47-32-40(27-28-45(52)34-44(51)22-13-5-3-2-4-8-15-36-16-9-6-10-17-36)42(31-46(47)53)30-43-35-50-48(49)33-41(43)26-25-39-21-14-20-38(29-39)24-23-37-18-11-7-12-19-37/h6-7,9-12,14,16-21,27-29,31-33,35,48,50,53H,2-5,8,13,15,22-26,30,34,49H2,1H3. The highest BCUT2D eigenvalue weighted by Crippen LogP contribution is 2.33. The highest BCUT2D eigenvalue weighted by Gasteiger charge is 2.17. The molecule has 1 heterocycles. The molecule has 1 aliphatic heterocycles. The lowest BCUT2D eigenvalue weighted by Crippen LogP contribution is -2.35. The van der Waals surface area contributed by atoms with Gasteiger partial charge in [-0.2, -0.15) is 0 Å². The first-order chi connectivity index (χ1) is 26.4. The first-order valence-electron chi connectivity index (χ1n) is 19.6. The predicted molar refractivity (Wildman–Crippen MR) is 220 cm³/mol. The minimum atomic E-state index is -0.287. The van der Waals surface area contributed by atoms with Crippen molar-refractivity contribution in [2.24, 2.45) is 5.73 Å². The second-order valence-electron chi connectivity index (χ2n) is 14.4. The number of phenols is 1. The molecule has 282 valence electrons. The molecule has 0 saturated carbocycles. The largest absolute Gasteiger partial charge is 0.504 e. The van der Waals surface area contributed by atoms with Gasteiger partial charge >= 0.3 is 0 Å². The van der Waals surface area contributed by atoms with E-state index < -0.39 is 0 Å². The van der Waals surface area contributed by atoms with Gasteiger partial charge in [-0.1, -0.05) is 117 Å². The van der Waals surface area contributed by atoms with Gasteiger partial charge in [-0.05, 0) is 120 Å². The van der Waals surface area contributed by atoms with Gasteiger partial charge in [0.15, 0.2) is 17.3 Å². The second-order valence-corrected chi connectivity index (χ2v) is 14.4. The molecule has 4 N–H and O–H groups in total. The summed E-state index contributed by atoms with van der Waals surface area (Å²) in [7, 11) is 1.50. The number of ketones is 2. The summed E-state index contributed by atoms with van der Waals surface area (Å²) in [6.45, 7) is 0. The molecule has 5 rings (SSSR count). The number of rotatable bonds is 22. The highest BCUT2D eigenvalue weighted by molar-refractivity contribution is 6.06. The molecule has 0 fully saturated rings. The predicted octanol–water partition coefficient (Wildman–Crippen LogP) is 9.57. The monoisotopic (exact) mass is 724 g/mol. The maximum Gasteiger partial charge on any atom is 0.163 e. The van der Waals surface area contributed by atoms with E-state index in [4.69, 9.17) is 10.5 Å². The Morgan fingerprint density at radius 1 is 0.722 bits per heavy atom. The molecule has 0 aromatic heterocycles. The maximum atomic E-state index is 12.9. The summed E-state index contributed by atoms with van der Waals surface area (Å²) < 4.78 is 5.40. The van der Waals surface area contributed by atoms with Gasteiger partial charge in [-0.3, -0.25) is 9.59 Å². The van der Waals surface area contributed by atoms with E-state index in [0.717, 1.165) is 73.6 Å². The molecule has 0 radical (unpaired) electrons. The number of dihydropyridines is 1. The summed E-state index contributed by atoms with van der Waals surface area (Å²) >= 11 is 0. The van der Waals surface area contributed by atoms with Gasteiger partial charge in [0.05, 0.1) is 19.7 Å². The molecule has 4 aromatic rings. The molecule has 0 saturated heterocycles. The van der Waals surface area contributed by atoms with Crippen LogP contribution in [0.4, 0.5) is 0 Å². The molecular formula is C48H56N2O4. The number of phenolic OH excluding ortho intramolecular Hbond substituents is 1. The van der Waals surface area contributed by atoms with Gasteiger partial charge in [0, 0.05) is 12.6 Å². The first-order valence-corrected chi connectivity index (χ1v) is 19.6. The number of methoxy groups -OCH3 is 1. The normalized spacial score (nSPS) is 14.0. The number of hydrogen-bond donors (Lipinski definition) is 3. The van der Waals surface area contributed by atoms with Gasteiger partial charge in [-0.25, -0.2) is 0 Å². The van der Waals surface area contributed by atoms with Crippen LogP contribution in [0.15, 0.2) is 127 Å². The Labute approximate surface area is 321 Å². The zero-order chi connectivity index (χ0) is 38.0. The van der Waals surface area contributed by atoms with Crippen LogP contribution in [0.3, 0.4) is 0 Å². The number of Topliss-reactive ketones (excluding diaryl/α,β-unsaturated/α-hetero) is 1. The maximum absolute atomic E-state index is 12.9. The van der Waals surface area contributed by atoms with Crippen molar-refractivity contribution in [2.45, 2.75) is 96.1 Å². The minimum absolute atomic E-state index is 0.0245. The van der Waals surface area contributed by atoms with Crippen LogP contribution in [0.1, 0.15) is 91.2 Å². The number of hydrogen-bond acceptors (Lipinski definition) is 6. The Kier molecular flexibility index (Phi) is 15.9. The third-order valence-corrected chi connectivity index (χ3v) is 10.1. The summed E-state index contributed by atoms with van der Waals surface area (Å²) in [6, 6.07) is 33.4. The summed E-state index contributed by atoms with van der Waals surface area (Å²) in [5.74, 6) is 0.0995. The van der Waals surface area contributed by atoms with Crippen molar-refractivity contribution in [3.8, 4) is 11.5 Å². The Morgan fingerprint density at radius 2 is 1.33 bits per heavy atom. The van der Waals surface area contributed by atoms with E-state index >= 15 is 0 Å². The fourth-order valence-electron chi connectivity index (χ4n) is 7.05. The van der Waals surface area contributed by atoms with Crippen LogP contribution in [-0.4, -0.2) is 29.9 Å². The molecule has 0 aliphatic carbocycles. The number of ether oxygens (including phenoxy) is 1. The fraction of sp³-hybridized carbons (Fsp3) is 0.333. The number of aryl methyl sites for hydroxylation is 4. The van der Waals surface area contributed by atoms with Gasteiger partial charge < -0.3 is 20.9 Å². The molecule has 0 spiro atoms. The zero-order valence-electron chi connectivity index (χ0n) is 31.8. The molecule has 0 amide bonds. The van der Waals surface area contributed by atoms with Crippen molar-refractivity contribution in [1.29, 1.82) is 0 Å². The summed E-state index contributed by atoms with van der Waals surface area (Å²) in [6.07, 6.45) is 19.0. The highest BCUT2D eigenvalue weighted by atomic mass is 16.5. The number of benzene rings is 4. The SMILES string of the molecule is COc1cc(C=CC(=O)CC(=O)CCCCCCCCc2ccccc2)c(CC2=CNC(N)C=C2CCc2cccc(CCc3ccccc3)c2)cc1O. The van der Waals surface area contributed by atoms with Crippen molar-refractivity contribution >= 4 is 17.6 Å². The van der Waals surface area contributed by atoms with Crippen LogP contribution >= 0.6 is 0 Å². The first kappa shape index (κ1) is 40.0. The number of unbranched alkanes of at least 4 members (excludes halogenated alkanes) is 5. The van der Waals surface area contributed by atoms with Gasteiger partial charge in [0.25, 0.3) is 0 Å². The van der Waals surface area contributed by atoms with Crippen LogP contribution in [0.2, 0.25) is 0 Å². The number of allylic oxidation sites excluding steroid dienone is 3. The van der Waals surface area contributed by atoms with E-state index in [1.807, 2.05) is 18.3 Å². The van der Waals surface area contributed by atoms with Gasteiger partial charge in [0.2, 0.25) is 0 Å². The fourth-order valence-corrected chi connectivity index (χ4v) is 7.05. The van der Waals surface area contributed by atoms with Gasteiger partial charge in [0.1, 0.15) is 5.78 Å². The van der Waals surface area contributed by atoms with Crippen molar-refractivity contribution in [1.82, 2.24) is 5.32 Å². The molecule has 0 bridgehead atoms. The Hall–Kier alpha value is -5.20. The van der Waals surface area contributed by atoms with Gasteiger partial charge in [-0.15, -0.1) is 0 Å². The van der Waals surface area contributed by atoms with E-state index in [2.05, 4.69) is 84.2 Å². The van der Waals surface area contributed by atoms with E-state index in [-0.39, 0.29) is 29.9 Å². The number of nitrogens with two attached hydrogens (primary N) is 1. The van der Waals surface area contributed by atoms with E-state index in [1.54, 1.807) is 18.2 Å². The number of carbonyl (C=O) groups is 2. The molecular weight excluding hydrogens is 669 g/mol. The summed E-state index contributed by atoms with van der Waals surface area (Å²) in [4.78, 5) is 25.5. The quantitative estimate of drug-likeness (QED) is 0.0424. The summed E-state index contributed by atoms with van der Waals surface area (Å²) in [5.41, 5.74) is 15.4. The van der Waals surface area contributed by atoms with Crippen molar-refractivity contribution in [3.05, 3.63) is 160 Å². The Morgan fingerprint density at radius 3 is 2.04 bits per heavy atom. The second kappa shape index (κ2) is 21.5. The number of nitrogens with one attached hydrogen (secondary N) is 1. The Balaban J connectivity index is 1.12. The van der Waals surface area contributed by atoms with Crippen molar-refractivity contribution < 1.29 is 19.4 Å². The zero-order valence-corrected chi connectivity index (χ0v) is 31.8. The average Bonchev–Trinajstić information content (AvgIpc) is 3.18. The molecule has 54 heavy (non-hydrogen) atoms. The van der Waals surface area contributed by atoms with Crippen molar-refractivity contribution in [3.63, 3.8) is 0 Å². The number of aromatic hydroxyl groups is 1. The minimum Gasteiger partial charge on any atom is -0.504 e. The molecule has 6 heteroatoms. The molecule has 1 unspecified atom stereocenters. The van der Waals surface area contributed by atoms with E-state index in [9.17, 15) is 14.7 Å². The molecule has 1 aliphatic rings. The smallest absolute Gasteiger partial charge is 0.163 e. The average molecular weight is 725 g/mol. The van der Waals surface area contributed by atoms with Crippen LogP contribution in [0.25, 0.3) is 6.08 Å². The number of carbonyl (C=O) groups excluding carboxylic acids is 2. The third kappa shape index (κ3) is 13.3. The molecule has 4 aromatic carbocycles. The molecule has 1 atom stereocenters. The lowest BCUT2D eigenvalue weighted by molar-refractivity contribution is -0.124. The lowest BCUT2D eigenvalue weighted by atomic mass is 9.89. The van der Waals surface area contributed by atoms with E-state index in [0.29, 0.717) is 18.6 Å². The van der Waals surface area contributed by atoms with Crippen LogP contribution < -0.4 is 15.8 Å². The summed E-state index contributed by atoms with van der Waals surface area (Å²) in [5, 5.41) is 14.0. The Bertz CT molecular complexity index is 1890. The lowest BCUT2D eigenvalue weighted by Gasteiger charge is -2.22. The van der Waals surface area contributed by atoms with E-state index in [1.165, 1.54) is 54.7 Å². The van der Waals surface area contributed by atoms with Crippen LogP contribution in [-0.2, 0) is 41.7 Å². The van der Waals surface area contributed by atoms with Crippen LogP contribution in [0.5, 0.6) is 11.5 Å². The third-order valence-electron chi connectivity index (χ3n) is 10.1. The van der Waals surface area contributed by atoms with Crippen molar-refractivity contribution in [2.75, 3.05) is 7.11 Å².